The van der Waals surface area contributed by atoms with Crippen LogP contribution in [0, 0.1) is 5.82 Å². The van der Waals surface area contributed by atoms with Crippen LogP contribution in [0.25, 0.3) is 5.69 Å². The first-order valence-electron chi connectivity index (χ1n) is 9.76. The Morgan fingerprint density at radius 1 is 1.27 bits per heavy atom. The van der Waals surface area contributed by atoms with Crippen molar-refractivity contribution in [2.75, 3.05) is 19.7 Å². The van der Waals surface area contributed by atoms with E-state index >= 15 is 0 Å². The molecule has 2 aliphatic heterocycles. The fourth-order valence-corrected chi connectivity index (χ4v) is 4.02. The van der Waals surface area contributed by atoms with Gasteiger partial charge in [0.2, 0.25) is 6.10 Å². The zero-order valence-electron chi connectivity index (χ0n) is 16.0. The summed E-state index contributed by atoms with van der Waals surface area (Å²) in [5.41, 5.74) is 2.69. The van der Waals surface area contributed by atoms with E-state index in [1.54, 1.807) is 6.07 Å². The molecule has 1 aromatic carbocycles. The molecule has 2 aliphatic rings. The van der Waals surface area contributed by atoms with Crippen molar-refractivity contribution >= 4 is 6.09 Å². The summed E-state index contributed by atoms with van der Waals surface area (Å²) >= 11 is 0. The number of ether oxygens (including phenoxy) is 1. The van der Waals surface area contributed by atoms with Crippen molar-refractivity contribution < 1.29 is 32.2 Å². The third kappa shape index (κ3) is 4.00. The average Bonchev–Trinajstić information content (AvgIpc) is 3.15. The van der Waals surface area contributed by atoms with Crippen LogP contribution in [0.15, 0.2) is 24.4 Å². The summed E-state index contributed by atoms with van der Waals surface area (Å²) in [4.78, 5) is 18.0. The second-order valence-corrected chi connectivity index (χ2v) is 7.58. The summed E-state index contributed by atoms with van der Waals surface area (Å²) in [5.74, 6) is 0.681. The Hall–Kier alpha value is -2.62. The van der Waals surface area contributed by atoms with Crippen LogP contribution < -0.4 is 0 Å². The molecule has 1 fully saturated rings. The Kier molecular flexibility index (Phi) is 5.44. The van der Waals surface area contributed by atoms with Crippen molar-refractivity contribution in [1.29, 1.82) is 0 Å². The lowest BCUT2D eigenvalue weighted by Crippen LogP contribution is -2.44. The summed E-state index contributed by atoms with van der Waals surface area (Å²) < 4.78 is 57.9. The minimum absolute atomic E-state index is 0.0623. The van der Waals surface area contributed by atoms with Gasteiger partial charge in [0, 0.05) is 31.6 Å². The molecule has 0 spiro atoms. The van der Waals surface area contributed by atoms with Crippen molar-refractivity contribution in [3.8, 4) is 5.69 Å². The highest BCUT2D eigenvalue weighted by atomic mass is 19.4. The zero-order chi connectivity index (χ0) is 21.5. The lowest BCUT2D eigenvalue weighted by atomic mass is 9.94. The van der Waals surface area contributed by atoms with E-state index in [4.69, 9.17) is 10.1 Å². The number of nitrogens with zero attached hydrogens (tertiary/aromatic N) is 3. The Morgan fingerprint density at radius 2 is 2.00 bits per heavy atom. The molecule has 1 atom stereocenters. The molecule has 4 rings (SSSR count). The highest BCUT2D eigenvalue weighted by Crippen LogP contribution is 2.32. The van der Waals surface area contributed by atoms with Crippen molar-refractivity contribution in [1.82, 2.24) is 14.5 Å². The van der Waals surface area contributed by atoms with Gasteiger partial charge in [-0.3, -0.25) is 0 Å². The minimum atomic E-state index is -4.81. The third-order valence-electron chi connectivity index (χ3n) is 5.66. The molecule has 0 saturated carbocycles. The lowest BCUT2D eigenvalue weighted by Gasteiger charge is -2.31. The maximum absolute atomic E-state index is 13.5. The molecule has 1 amide bonds. The number of imidazole rings is 1. The average molecular weight is 427 g/mol. The summed E-state index contributed by atoms with van der Waals surface area (Å²) in [6.45, 7) is -0.829. The van der Waals surface area contributed by atoms with Crippen LogP contribution in [-0.2, 0) is 17.6 Å². The number of fused-ring (bicyclic) bond motifs is 3. The summed E-state index contributed by atoms with van der Waals surface area (Å²) in [6, 6.07) is 4.68. The number of carbonyl (C=O) groups is 1. The molecule has 162 valence electrons. The highest BCUT2D eigenvalue weighted by Gasteiger charge is 2.43. The van der Waals surface area contributed by atoms with Gasteiger partial charge in [0.1, 0.15) is 11.6 Å². The van der Waals surface area contributed by atoms with E-state index < -0.39 is 25.0 Å². The van der Waals surface area contributed by atoms with Crippen LogP contribution in [0.5, 0.6) is 0 Å². The van der Waals surface area contributed by atoms with Gasteiger partial charge in [0.05, 0.1) is 18.0 Å². The molecule has 6 nitrogen and oxygen atoms in total. The van der Waals surface area contributed by atoms with Crippen molar-refractivity contribution in [2.24, 2.45) is 0 Å². The molecule has 0 bridgehead atoms. The van der Waals surface area contributed by atoms with Crippen molar-refractivity contribution in [3.63, 3.8) is 0 Å². The van der Waals surface area contributed by atoms with Gasteiger partial charge >= 0.3 is 12.3 Å². The third-order valence-corrected chi connectivity index (χ3v) is 5.66. The molecular weight excluding hydrogens is 406 g/mol. The number of aromatic nitrogens is 2. The van der Waals surface area contributed by atoms with Crippen LogP contribution in [0.2, 0.25) is 0 Å². The molecule has 1 aromatic heterocycles. The molecule has 1 unspecified atom stereocenters. The molecule has 10 heteroatoms. The van der Waals surface area contributed by atoms with E-state index in [-0.39, 0.29) is 24.8 Å². The lowest BCUT2D eigenvalue weighted by molar-refractivity contribution is -0.214. The van der Waals surface area contributed by atoms with E-state index in [0.29, 0.717) is 25.7 Å². The van der Waals surface area contributed by atoms with Gasteiger partial charge in [-0.25, -0.2) is 14.2 Å². The van der Waals surface area contributed by atoms with E-state index in [1.807, 2.05) is 10.8 Å². The highest BCUT2D eigenvalue weighted by molar-refractivity contribution is 5.68. The number of aryl methyl sites for hydroxylation is 2. The Morgan fingerprint density at radius 3 is 2.67 bits per heavy atom. The number of halogens is 4. The van der Waals surface area contributed by atoms with Gasteiger partial charge in [0.15, 0.2) is 0 Å². The Labute approximate surface area is 170 Å². The molecular formula is C20H21F4N3O3. The van der Waals surface area contributed by atoms with E-state index in [1.165, 1.54) is 17.0 Å². The maximum atomic E-state index is 13.5. The smallest absolute Gasteiger partial charge is 0.427 e. The molecule has 1 saturated heterocycles. The quantitative estimate of drug-likeness (QED) is 0.763. The van der Waals surface area contributed by atoms with Gasteiger partial charge in [-0.05, 0) is 43.0 Å². The molecule has 2 aromatic rings. The largest absolute Gasteiger partial charge is 0.434 e. The minimum Gasteiger partial charge on any atom is -0.434 e. The zero-order valence-corrected chi connectivity index (χ0v) is 16.0. The van der Waals surface area contributed by atoms with E-state index in [2.05, 4.69) is 4.74 Å². The van der Waals surface area contributed by atoms with E-state index in [0.717, 1.165) is 22.8 Å². The molecule has 30 heavy (non-hydrogen) atoms. The number of aliphatic hydroxyl groups excluding tert-OH is 1. The van der Waals surface area contributed by atoms with Gasteiger partial charge in [0.25, 0.3) is 0 Å². The SMILES string of the molecule is O=C(OC(CO)C(F)(F)F)N1CCC(c2cn3c(n2)CCc2cc(F)ccc2-3)CC1. The monoisotopic (exact) mass is 427 g/mol. The number of piperidine rings is 1. The number of likely N-dealkylation sites (tertiary alicyclic amines) is 1. The van der Waals surface area contributed by atoms with Crippen molar-refractivity contribution in [3.05, 3.63) is 47.3 Å². The van der Waals surface area contributed by atoms with Crippen LogP contribution in [0.3, 0.4) is 0 Å². The topological polar surface area (TPSA) is 67.6 Å². The summed E-state index contributed by atoms with van der Waals surface area (Å²) in [6.07, 6.45) is -4.00. The number of amides is 1. The van der Waals surface area contributed by atoms with Gasteiger partial charge in [-0.15, -0.1) is 0 Å². The first kappa shape index (κ1) is 20.6. The Bertz CT molecular complexity index is 936. The van der Waals surface area contributed by atoms with E-state index in [9.17, 15) is 22.4 Å². The molecule has 1 N–H and O–H groups in total. The number of hydrogen-bond donors (Lipinski definition) is 1. The maximum Gasteiger partial charge on any atom is 0.427 e. The second-order valence-electron chi connectivity index (χ2n) is 7.58. The number of rotatable bonds is 3. The number of carbonyl (C=O) groups excluding carboxylic acids is 1. The summed E-state index contributed by atoms with van der Waals surface area (Å²) in [5, 5.41) is 8.82. The normalized spacial score (nSPS) is 18.0. The number of aliphatic hydroxyl groups is 1. The molecule has 3 heterocycles. The number of hydrogen-bond acceptors (Lipinski definition) is 4. The second kappa shape index (κ2) is 7.90. The van der Waals surface area contributed by atoms with Crippen LogP contribution in [0.4, 0.5) is 22.4 Å². The fraction of sp³-hybridized carbons (Fsp3) is 0.500. The number of benzene rings is 1. The van der Waals surface area contributed by atoms with Gasteiger partial charge in [-0.2, -0.15) is 13.2 Å². The standard InChI is InChI=1S/C20H21F4N3O3/c21-14-2-3-16-13(9-14)1-4-18-25-15(10-27(16)18)12-5-7-26(8-6-12)19(29)30-17(11-28)20(22,23)24/h2-3,9-10,12,17,28H,1,4-8,11H2. The van der Waals surface area contributed by atoms with Crippen LogP contribution in [0.1, 0.15) is 35.8 Å². The van der Waals surface area contributed by atoms with Crippen LogP contribution in [-0.4, -0.2) is 57.6 Å². The van der Waals surface area contributed by atoms with Gasteiger partial charge < -0.3 is 19.3 Å². The summed E-state index contributed by atoms with van der Waals surface area (Å²) in [7, 11) is 0. The number of alkyl halides is 3. The first-order chi connectivity index (χ1) is 14.3. The molecule has 0 radical (unpaired) electrons. The molecule has 0 aliphatic carbocycles. The van der Waals surface area contributed by atoms with Crippen molar-refractivity contribution in [2.45, 2.75) is 43.9 Å². The predicted molar refractivity (Wildman–Crippen MR) is 97.9 cm³/mol. The predicted octanol–water partition coefficient (Wildman–Crippen LogP) is 3.35. The first-order valence-corrected chi connectivity index (χ1v) is 9.76. The van der Waals surface area contributed by atoms with Crippen LogP contribution >= 0.6 is 0 Å². The van der Waals surface area contributed by atoms with Gasteiger partial charge in [-0.1, -0.05) is 0 Å². The fourth-order valence-electron chi connectivity index (χ4n) is 4.02. The Balaban J connectivity index is 1.41.